The Morgan fingerprint density at radius 2 is 1.33 bits per heavy atom. The van der Waals surface area contributed by atoms with E-state index in [4.69, 9.17) is 37.9 Å². The van der Waals surface area contributed by atoms with Gasteiger partial charge in [0.2, 0.25) is 18.3 Å². The molecular weight excluding hydrogens is 867 g/mol. The summed E-state index contributed by atoms with van der Waals surface area (Å²) >= 11 is 0. The van der Waals surface area contributed by atoms with Gasteiger partial charge in [0.25, 0.3) is 5.69 Å². The molecule has 2 amide bonds. The monoisotopic (exact) mass is 911 g/mol. The minimum absolute atomic E-state index is 0.0317. The van der Waals surface area contributed by atoms with Crippen molar-refractivity contribution >= 4 is 47.5 Å². The molecule has 0 saturated carbocycles. The van der Waals surface area contributed by atoms with E-state index in [9.17, 15) is 43.7 Å². The van der Waals surface area contributed by atoms with Crippen molar-refractivity contribution in [3.05, 3.63) is 129 Å². The summed E-state index contributed by atoms with van der Waals surface area (Å²) in [6.07, 6.45) is -9.36. The molecule has 5 atom stereocenters. The number of nitrogens with zero attached hydrogens (tertiary/aromatic N) is 1. The number of rotatable bonds is 17. The molecule has 20 heteroatoms. The molecule has 6 rings (SSSR count). The van der Waals surface area contributed by atoms with Crippen molar-refractivity contribution in [2.75, 3.05) is 20.3 Å². The number of hydrogen-bond acceptors (Lipinski definition) is 17. The Labute approximate surface area is 376 Å². The molecule has 2 N–H and O–H groups in total. The normalized spacial score (nSPS) is 18.3. The summed E-state index contributed by atoms with van der Waals surface area (Å²) < 4.78 is 44.2. The van der Waals surface area contributed by atoms with Crippen LogP contribution in [0.3, 0.4) is 0 Å². The predicted molar refractivity (Wildman–Crippen MR) is 226 cm³/mol. The van der Waals surface area contributed by atoms with Crippen molar-refractivity contribution < 1.29 is 76.4 Å². The Kier molecular flexibility index (Phi) is 15.6. The van der Waals surface area contributed by atoms with Crippen LogP contribution in [0.5, 0.6) is 5.75 Å². The number of nitrogens with one attached hydrogen (secondary N) is 2. The number of carbonyl (C=O) groups is 7. The van der Waals surface area contributed by atoms with Crippen molar-refractivity contribution in [3.63, 3.8) is 0 Å². The molecule has 4 aromatic rings. The fourth-order valence-corrected chi connectivity index (χ4v) is 7.44. The zero-order chi connectivity index (χ0) is 47.5. The first-order chi connectivity index (χ1) is 31.6. The lowest BCUT2D eigenvalue weighted by molar-refractivity contribution is -0.384. The van der Waals surface area contributed by atoms with Gasteiger partial charge in [-0.3, -0.25) is 29.3 Å². The lowest BCUT2D eigenvalue weighted by atomic mass is 9.97. The number of esters is 5. The van der Waals surface area contributed by atoms with Gasteiger partial charge >= 0.3 is 35.9 Å². The fraction of sp³-hybridized carbons (Fsp3) is 0.326. The molecular formula is C46H45N3O17. The molecule has 0 spiro atoms. The number of alkyl carbamates (subject to hydrolysis) is 1. The standard InChI is InChI=1S/C46H45N3O17/c1-25(50)62-39-40(63-26(2)51)42(64-27(3)52)45(66-41(39)44(55)59-4)65-37-18-13-28(23-60-43(54)29-14-16-31(17-15-29)49(57)58)21-30(37)22-48-38(53)19-20-47-46(56)61-24-36-34-11-7-5-9-32(34)33-10-6-8-12-35(33)36/h5-18,21,36,39-42,45H,19-20,22-24H2,1-4H3,(H,47,56)(H,48,53)/t39-,40-,41-,42+,45+/m0/s1. The van der Waals surface area contributed by atoms with Gasteiger partial charge < -0.3 is 48.5 Å². The quantitative estimate of drug-likeness (QED) is 0.0636. The first-order valence-corrected chi connectivity index (χ1v) is 20.4. The van der Waals surface area contributed by atoms with Gasteiger partial charge in [-0.15, -0.1) is 0 Å². The van der Waals surface area contributed by atoms with Crippen molar-refractivity contribution in [1.82, 2.24) is 10.6 Å². The number of nitro benzene ring substituents is 1. The molecule has 1 aliphatic carbocycles. The average molecular weight is 912 g/mol. The number of non-ortho nitro benzene ring substituents is 1. The Balaban J connectivity index is 1.17. The van der Waals surface area contributed by atoms with Gasteiger partial charge in [-0.05, 0) is 52.1 Å². The summed E-state index contributed by atoms with van der Waals surface area (Å²) in [4.78, 5) is 99.1. The zero-order valence-corrected chi connectivity index (χ0v) is 36.0. The van der Waals surface area contributed by atoms with Crippen LogP contribution in [-0.4, -0.2) is 97.7 Å². The van der Waals surface area contributed by atoms with E-state index in [1.54, 1.807) is 0 Å². The second-order valence-electron chi connectivity index (χ2n) is 14.9. The number of hydrogen-bond donors (Lipinski definition) is 2. The van der Waals surface area contributed by atoms with Gasteiger partial charge in [-0.1, -0.05) is 54.6 Å². The highest BCUT2D eigenvalue weighted by molar-refractivity contribution is 5.89. The topological polar surface area (TPSA) is 261 Å². The number of methoxy groups -OCH3 is 1. The molecule has 0 bridgehead atoms. The van der Waals surface area contributed by atoms with Crippen LogP contribution >= 0.6 is 0 Å². The zero-order valence-electron chi connectivity index (χ0n) is 36.0. The predicted octanol–water partition coefficient (Wildman–Crippen LogP) is 4.57. The summed E-state index contributed by atoms with van der Waals surface area (Å²) in [5, 5.41) is 16.4. The van der Waals surface area contributed by atoms with Crippen LogP contribution < -0.4 is 15.4 Å². The lowest BCUT2D eigenvalue weighted by Crippen LogP contribution is -2.64. The van der Waals surface area contributed by atoms with Gasteiger partial charge in [-0.2, -0.15) is 0 Å². The number of ether oxygens (including phenoxy) is 8. The minimum Gasteiger partial charge on any atom is -0.467 e. The maximum atomic E-state index is 13.2. The third-order valence-corrected chi connectivity index (χ3v) is 10.3. The van der Waals surface area contributed by atoms with Gasteiger partial charge in [0, 0.05) is 63.9 Å². The van der Waals surface area contributed by atoms with Crippen LogP contribution in [0.1, 0.15) is 65.7 Å². The highest BCUT2D eigenvalue weighted by Gasteiger charge is 2.56. The van der Waals surface area contributed by atoms with Crippen LogP contribution in [0, 0.1) is 10.1 Å². The summed E-state index contributed by atoms with van der Waals surface area (Å²) in [6.45, 7) is 2.52. The molecule has 4 aromatic carbocycles. The largest absolute Gasteiger partial charge is 0.467 e. The fourth-order valence-electron chi connectivity index (χ4n) is 7.44. The van der Waals surface area contributed by atoms with Gasteiger partial charge in [-0.25, -0.2) is 14.4 Å². The number of nitro groups is 1. The molecule has 1 heterocycles. The molecule has 0 radical (unpaired) electrons. The molecule has 1 aliphatic heterocycles. The SMILES string of the molecule is COC(=O)[C@H]1O[C@@H](Oc2ccc(COC(=O)c3ccc([N+](=O)[O-])cc3)cc2CNC(=O)CCNC(=O)OCC2c3ccccc3-c3ccccc32)[C@H](OC(C)=O)[C@@H](OC(C)=O)[C@@H]1OC(C)=O. The number of fused-ring (bicyclic) bond motifs is 3. The van der Waals surface area contributed by atoms with Gasteiger partial charge in [0.1, 0.15) is 19.0 Å². The highest BCUT2D eigenvalue weighted by Crippen LogP contribution is 2.44. The molecule has 66 heavy (non-hydrogen) atoms. The van der Waals surface area contributed by atoms with E-state index >= 15 is 0 Å². The molecule has 0 aromatic heterocycles. The van der Waals surface area contributed by atoms with E-state index < -0.39 is 77.5 Å². The van der Waals surface area contributed by atoms with Crippen LogP contribution in [0.4, 0.5) is 10.5 Å². The first kappa shape index (κ1) is 47.6. The molecule has 346 valence electrons. The van der Waals surface area contributed by atoms with E-state index in [-0.39, 0.29) is 61.2 Å². The van der Waals surface area contributed by atoms with E-state index in [1.807, 2.05) is 48.5 Å². The average Bonchev–Trinajstić information content (AvgIpc) is 3.61. The van der Waals surface area contributed by atoms with E-state index in [2.05, 4.69) is 10.6 Å². The van der Waals surface area contributed by atoms with E-state index in [0.717, 1.165) is 62.3 Å². The van der Waals surface area contributed by atoms with E-state index in [0.29, 0.717) is 5.56 Å². The second-order valence-corrected chi connectivity index (χ2v) is 14.9. The Bertz CT molecular complexity index is 2450. The minimum atomic E-state index is -1.76. The number of benzene rings is 4. The maximum Gasteiger partial charge on any atom is 0.407 e. The number of carbonyl (C=O) groups excluding carboxylic acids is 7. The second kappa shape index (κ2) is 21.7. The molecule has 1 fully saturated rings. The lowest BCUT2D eigenvalue weighted by Gasteiger charge is -2.43. The maximum absolute atomic E-state index is 13.2. The van der Waals surface area contributed by atoms with Crippen molar-refractivity contribution in [2.45, 2.75) is 77.0 Å². The molecule has 2 aliphatic rings. The molecule has 20 nitrogen and oxygen atoms in total. The summed E-state index contributed by atoms with van der Waals surface area (Å²) in [5.74, 6) is -5.26. The third-order valence-electron chi connectivity index (χ3n) is 10.3. The summed E-state index contributed by atoms with van der Waals surface area (Å²) in [6, 6.07) is 24.9. The third kappa shape index (κ3) is 11.8. The summed E-state index contributed by atoms with van der Waals surface area (Å²) in [7, 11) is 1.03. The van der Waals surface area contributed by atoms with Crippen molar-refractivity contribution in [1.29, 1.82) is 0 Å². The molecule has 1 saturated heterocycles. The van der Waals surface area contributed by atoms with Crippen LogP contribution in [0.15, 0.2) is 91.0 Å². The van der Waals surface area contributed by atoms with Crippen LogP contribution in [0.25, 0.3) is 11.1 Å². The highest BCUT2D eigenvalue weighted by atomic mass is 16.7. The summed E-state index contributed by atoms with van der Waals surface area (Å²) in [5.41, 5.74) is 4.64. The van der Waals surface area contributed by atoms with Gasteiger partial charge in [0.15, 0.2) is 18.3 Å². The Morgan fingerprint density at radius 3 is 1.94 bits per heavy atom. The van der Waals surface area contributed by atoms with Gasteiger partial charge in [0.05, 0.1) is 17.6 Å². The van der Waals surface area contributed by atoms with E-state index in [1.165, 1.54) is 30.3 Å². The van der Waals surface area contributed by atoms with Crippen molar-refractivity contribution in [2.24, 2.45) is 0 Å². The first-order valence-electron chi connectivity index (χ1n) is 20.4. The molecule has 0 unspecified atom stereocenters. The smallest absolute Gasteiger partial charge is 0.407 e. The Morgan fingerprint density at radius 1 is 0.727 bits per heavy atom. The Hall–Kier alpha value is -7.87. The number of amides is 2. The van der Waals surface area contributed by atoms with Crippen LogP contribution in [0.2, 0.25) is 0 Å². The van der Waals surface area contributed by atoms with Crippen molar-refractivity contribution in [3.8, 4) is 16.9 Å². The van der Waals surface area contributed by atoms with Crippen LogP contribution in [-0.2, 0) is 70.3 Å².